The maximum Gasteiger partial charge on any atom is 0.260 e. The summed E-state index contributed by atoms with van der Waals surface area (Å²) >= 11 is 4.40. The molecule has 1 N–H and O–H groups in total. The average Bonchev–Trinajstić information content (AvgIpc) is 3.25. The van der Waals surface area contributed by atoms with Crippen LogP contribution in [0.1, 0.15) is 18.0 Å². The zero-order valence-corrected chi connectivity index (χ0v) is 15.6. The molecule has 0 bridgehead atoms. The molecule has 3 aromatic heterocycles. The molecule has 0 saturated heterocycles. The van der Waals surface area contributed by atoms with Crippen molar-refractivity contribution in [1.29, 1.82) is 0 Å². The highest BCUT2D eigenvalue weighted by Gasteiger charge is 2.17. The fraction of sp³-hybridized carbons (Fsp3) is 0.111. The zero-order valence-electron chi connectivity index (χ0n) is 13.2. The molecular formula is C18H13FN2OS3. The van der Waals surface area contributed by atoms with E-state index in [1.165, 1.54) is 29.2 Å². The molecule has 1 unspecified atom stereocenters. The topological polar surface area (TPSA) is 45.8 Å². The summed E-state index contributed by atoms with van der Waals surface area (Å²) in [5.41, 5.74) is 0.773. The van der Waals surface area contributed by atoms with Crippen molar-refractivity contribution in [3.05, 3.63) is 69.2 Å². The minimum absolute atomic E-state index is 0.148. The summed E-state index contributed by atoms with van der Waals surface area (Å²) in [5, 5.41) is 4.42. The van der Waals surface area contributed by atoms with Crippen LogP contribution >= 0.6 is 34.4 Å². The molecule has 0 saturated carbocycles. The van der Waals surface area contributed by atoms with Crippen LogP contribution in [0.2, 0.25) is 0 Å². The molecular weight excluding hydrogens is 375 g/mol. The largest absolute Gasteiger partial charge is 0.309 e. The Morgan fingerprint density at radius 1 is 1.20 bits per heavy atom. The number of rotatable bonds is 4. The van der Waals surface area contributed by atoms with E-state index in [2.05, 4.69) is 9.97 Å². The van der Waals surface area contributed by atoms with E-state index in [0.29, 0.717) is 20.9 Å². The summed E-state index contributed by atoms with van der Waals surface area (Å²) in [4.78, 5) is 22.4. The lowest BCUT2D eigenvalue weighted by molar-refractivity contribution is 0.601. The first-order valence-electron chi connectivity index (χ1n) is 7.60. The van der Waals surface area contributed by atoms with Gasteiger partial charge in [-0.25, -0.2) is 9.37 Å². The maximum absolute atomic E-state index is 13.8. The molecule has 0 spiro atoms. The van der Waals surface area contributed by atoms with E-state index in [1.54, 1.807) is 29.5 Å². The molecule has 0 radical (unpaired) electrons. The lowest BCUT2D eigenvalue weighted by Crippen LogP contribution is -2.12. The van der Waals surface area contributed by atoms with E-state index in [1.807, 2.05) is 29.8 Å². The summed E-state index contributed by atoms with van der Waals surface area (Å²) in [5.74, 6) is 0.296. The van der Waals surface area contributed by atoms with Crippen LogP contribution < -0.4 is 5.56 Å². The number of fused-ring (bicyclic) bond motifs is 1. The second-order valence-electron chi connectivity index (χ2n) is 5.45. The summed E-state index contributed by atoms with van der Waals surface area (Å²) in [6, 6.07) is 10.6. The second kappa shape index (κ2) is 6.74. The fourth-order valence-corrected chi connectivity index (χ4v) is 5.27. The van der Waals surface area contributed by atoms with Gasteiger partial charge in [0, 0.05) is 20.7 Å². The van der Waals surface area contributed by atoms with Gasteiger partial charge in [-0.2, -0.15) is 0 Å². The maximum atomic E-state index is 13.8. The number of H-pyrrole nitrogens is 1. The average molecular weight is 389 g/mol. The molecule has 1 aromatic carbocycles. The number of aromatic nitrogens is 2. The van der Waals surface area contributed by atoms with Crippen LogP contribution in [0.4, 0.5) is 4.39 Å². The van der Waals surface area contributed by atoms with Crippen molar-refractivity contribution in [1.82, 2.24) is 9.97 Å². The van der Waals surface area contributed by atoms with E-state index in [0.717, 1.165) is 10.4 Å². The van der Waals surface area contributed by atoms with Crippen LogP contribution in [-0.2, 0) is 0 Å². The molecule has 4 rings (SSSR count). The Kier molecular flexibility index (Phi) is 4.45. The third kappa shape index (κ3) is 3.15. The van der Waals surface area contributed by atoms with Crippen molar-refractivity contribution < 1.29 is 4.39 Å². The predicted octanol–water partition coefficient (Wildman–Crippen LogP) is 5.71. The highest BCUT2D eigenvalue weighted by atomic mass is 32.2. The Balaban J connectivity index is 1.72. The molecule has 4 aromatic rings. The number of hydrogen-bond donors (Lipinski definition) is 1. The monoisotopic (exact) mass is 388 g/mol. The van der Waals surface area contributed by atoms with Crippen LogP contribution in [0, 0.1) is 5.82 Å². The van der Waals surface area contributed by atoms with Gasteiger partial charge in [-0.3, -0.25) is 4.79 Å². The lowest BCUT2D eigenvalue weighted by Gasteiger charge is -2.11. The van der Waals surface area contributed by atoms with Gasteiger partial charge in [0.15, 0.2) is 0 Å². The first-order chi connectivity index (χ1) is 12.1. The number of thiophene rings is 2. The zero-order chi connectivity index (χ0) is 17.4. The second-order valence-corrected chi connectivity index (χ2v) is 8.64. The summed E-state index contributed by atoms with van der Waals surface area (Å²) in [6.07, 6.45) is 0. The molecule has 3 heterocycles. The van der Waals surface area contributed by atoms with Crippen molar-refractivity contribution in [2.45, 2.75) is 17.1 Å². The van der Waals surface area contributed by atoms with E-state index >= 15 is 0 Å². The number of halogens is 1. The number of nitrogens with one attached hydrogen (secondary N) is 1. The number of aromatic amines is 1. The quantitative estimate of drug-likeness (QED) is 0.456. The standard InChI is InChI=1S/C18H13FN2OS3/c1-10(25-14-6-3-2-5-12(14)19)16-20-17(22)15-11(9-24-18(15)21-16)13-7-4-8-23-13/h2-10H,1H3,(H,20,21,22). The van der Waals surface area contributed by atoms with Crippen molar-refractivity contribution >= 4 is 44.7 Å². The lowest BCUT2D eigenvalue weighted by atomic mass is 10.2. The van der Waals surface area contributed by atoms with Crippen molar-refractivity contribution in [3.8, 4) is 10.4 Å². The highest BCUT2D eigenvalue weighted by molar-refractivity contribution is 7.99. The Morgan fingerprint density at radius 3 is 2.80 bits per heavy atom. The Hall–Kier alpha value is -1.96. The van der Waals surface area contributed by atoms with Crippen LogP contribution in [0.15, 0.2) is 56.8 Å². The Labute approximate surface area is 155 Å². The number of hydrogen-bond acceptors (Lipinski definition) is 5. The van der Waals surface area contributed by atoms with Crippen molar-refractivity contribution in [3.63, 3.8) is 0 Å². The van der Waals surface area contributed by atoms with Crippen molar-refractivity contribution in [2.24, 2.45) is 0 Å². The van der Waals surface area contributed by atoms with E-state index in [9.17, 15) is 9.18 Å². The van der Waals surface area contributed by atoms with Gasteiger partial charge in [-0.1, -0.05) is 18.2 Å². The molecule has 7 heteroatoms. The van der Waals surface area contributed by atoms with Crippen LogP contribution in [0.3, 0.4) is 0 Å². The van der Waals surface area contributed by atoms with Crippen LogP contribution in [0.25, 0.3) is 20.7 Å². The molecule has 0 aliphatic heterocycles. The molecule has 1 atom stereocenters. The van der Waals surface area contributed by atoms with E-state index < -0.39 is 0 Å². The summed E-state index contributed by atoms with van der Waals surface area (Å²) < 4.78 is 13.8. The molecule has 0 amide bonds. The first kappa shape index (κ1) is 16.5. The minimum atomic E-state index is -0.265. The van der Waals surface area contributed by atoms with Gasteiger partial charge >= 0.3 is 0 Å². The van der Waals surface area contributed by atoms with Gasteiger partial charge in [-0.05, 0) is 30.5 Å². The normalized spacial score (nSPS) is 12.6. The van der Waals surface area contributed by atoms with Crippen LogP contribution in [-0.4, -0.2) is 9.97 Å². The minimum Gasteiger partial charge on any atom is -0.309 e. The Bertz CT molecular complexity index is 1090. The van der Waals surface area contributed by atoms with Gasteiger partial charge < -0.3 is 4.98 Å². The smallest absolute Gasteiger partial charge is 0.260 e. The Morgan fingerprint density at radius 2 is 2.04 bits per heavy atom. The molecule has 0 aliphatic carbocycles. The molecule has 25 heavy (non-hydrogen) atoms. The third-order valence-corrected chi connectivity index (χ3v) is 6.71. The van der Waals surface area contributed by atoms with Gasteiger partial charge in [-0.15, -0.1) is 34.4 Å². The number of benzene rings is 1. The molecule has 3 nitrogen and oxygen atoms in total. The first-order valence-corrected chi connectivity index (χ1v) is 10.2. The van der Waals surface area contributed by atoms with E-state index in [-0.39, 0.29) is 16.6 Å². The van der Waals surface area contributed by atoms with Gasteiger partial charge in [0.1, 0.15) is 16.5 Å². The number of nitrogens with zero attached hydrogens (tertiary/aromatic N) is 1. The van der Waals surface area contributed by atoms with Gasteiger partial charge in [0.25, 0.3) is 5.56 Å². The molecule has 0 aliphatic rings. The summed E-state index contributed by atoms with van der Waals surface area (Å²) in [7, 11) is 0. The van der Waals surface area contributed by atoms with Crippen LogP contribution in [0.5, 0.6) is 0 Å². The van der Waals surface area contributed by atoms with Gasteiger partial charge in [0.2, 0.25) is 0 Å². The molecule has 0 fully saturated rings. The predicted molar refractivity (Wildman–Crippen MR) is 104 cm³/mol. The van der Waals surface area contributed by atoms with Crippen molar-refractivity contribution in [2.75, 3.05) is 0 Å². The third-order valence-electron chi connectivity index (χ3n) is 3.77. The molecule has 126 valence electrons. The SMILES string of the molecule is CC(Sc1ccccc1F)c1nc2scc(-c3cccs3)c2c(=O)[nH]1. The fourth-order valence-electron chi connectivity index (χ4n) is 2.56. The summed E-state index contributed by atoms with van der Waals surface area (Å²) in [6.45, 7) is 1.91. The van der Waals surface area contributed by atoms with E-state index in [4.69, 9.17) is 0 Å². The number of thioether (sulfide) groups is 1. The highest BCUT2D eigenvalue weighted by Crippen LogP contribution is 2.37. The van der Waals surface area contributed by atoms with Gasteiger partial charge in [0.05, 0.1) is 10.6 Å².